The van der Waals surface area contributed by atoms with Crippen LogP contribution in [-0.2, 0) is 11.2 Å². The number of hydrogen-bond donors (Lipinski definition) is 2. The summed E-state index contributed by atoms with van der Waals surface area (Å²) in [6, 6.07) is 8.24. The number of nitrogens with one attached hydrogen (secondary N) is 1. The van der Waals surface area contributed by atoms with Gasteiger partial charge in [-0.3, -0.25) is 0 Å². The molecule has 0 saturated carbocycles. The highest BCUT2D eigenvalue weighted by Crippen LogP contribution is 2.16. The summed E-state index contributed by atoms with van der Waals surface area (Å²) in [6.07, 6.45) is 2.45. The lowest BCUT2D eigenvalue weighted by molar-refractivity contribution is 0.122. The lowest BCUT2D eigenvalue weighted by atomic mass is 10.2. The minimum absolute atomic E-state index is 0.419. The molecule has 1 aromatic heterocycles. The Morgan fingerprint density at radius 3 is 2.65 bits per heavy atom. The Morgan fingerprint density at radius 2 is 2.00 bits per heavy atom. The van der Waals surface area contributed by atoms with E-state index in [4.69, 9.17) is 10.6 Å². The highest BCUT2D eigenvalue weighted by Gasteiger charge is 2.10. The topological polar surface area (TPSA) is 93.6 Å². The van der Waals surface area contributed by atoms with E-state index in [0.29, 0.717) is 11.8 Å². The minimum atomic E-state index is 0.419. The van der Waals surface area contributed by atoms with Gasteiger partial charge >= 0.3 is 0 Å². The van der Waals surface area contributed by atoms with Gasteiger partial charge in [0.25, 0.3) is 5.95 Å². The second kappa shape index (κ2) is 7.10. The molecule has 3 rings (SSSR count). The van der Waals surface area contributed by atoms with Crippen LogP contribution in [-0.4, -0.2) is 47.4 Å². The molecule has 0 spiro atoms. The van der Waals surface area contributed by atoms with Crippen molar-refractivity contribution < 1.29 is 4.74 Å². The van der Waals surface area contributed by atoms with Crippen LogP contribution in [0.15, 0.2) is 29.4 Å². The number of nitrogen functional groups attached to an aromatic ring is 1. The Morgan fingerprint density at radius 1 is 1.26 bits per heavy atom. The van der Waals surface area contributed by atoms with Crippen LogP contribution < -0.4 is 16.2 Å². The number of ether oxygens (including phenoxy) is 1. The molecule has 2 aromatic rings. The lowest BCUT2D eigenvalue weighted by Crippen LogP contribution is -2.36. The summed E-state index contributed by atoms with van der Waals surface area (Å²) in [4.78, 5) is 2.31. The monoisotopic (exact) mass is 315 g/mol. The molecular formula is C15H21N7O. The van der Waals surface area contributed by atoms with Gasteiger partial charge in [-0.1, -0.05) is 19.1 Å². The summed E-state index contributed by atoms with van der Waals surface area (Å²) in [5, 5.41) is 12.0. The summed E-state index contributed by atoms with van der Waals surface area (Å²) >= 11 is 0. The average molecular weight is 315 g/mol. The van der Waals surface area contributed by atoms with Crippen molar-refractivity contribution in [2.75, 3.05) is 42.5 Å². The second-order valence-corrected chi connectivity index (χ2v) is 5.22. The molecule has 2 heterocycles. The molecular weight excluding hydrogens is 294 g/mol. The van der Waals surface area contributed by atoms with E-state index in [1.165, 1.54) is 10.4 Å². The zero-order valence-corrected chi connectivity index (χ0v) is 13.1. The van der Waals surface area contributed by atoms with Crippen molar-refractivity contribution in [1.29, 1.82) is 0 Å². The van der Waals surface area contributed by atoms with Gasteiger partial charge in [0.15, 0.2) is 5.82 Å². The molecule has 0 amide bonds. The number of aromatic nitrogens is 3. The van der Waals surface area contributed by atoms with E-state index < -0.39 is 0 Å². The van der Waals surface area contributed by atoms with E-state index in [-0.39, 0.29) is 0 Å². The first-order valence-electron chi connectivity index (χ1n) is 7.69. The van der Waals surface area contributed by atoms with Crippen molar-refractivity contribution >= 4 is 17.9 Å². The van der Waals surface area contributed by atoms with E-state index in [0.717, 1.165) is 38.3 Å². The largest absolute Gasteiger partial charge is 0.378 e. The molecule has 0 atom stereocenters. The summed E-state index contributed by atoms with van der Waals surface area (Å²) in [7, 11) is 0. The Balaban J connectivity index is 1.60. The third kappa shape index (κ3) is 3.59. The standard InChI is InChI=1S/C15H21N7O/c1-2-14-18-20-15(22(14)16)19-17-11-12-3-5-13(6-4-12)21-7-9-23-10-8-21/h3-6,11H,2,7-10,16H2,1H3,(H,19,20). The zero-order valence-electron chi connectivity index (χ0n) is 13.1. The van der Waals surface area contributed by atoms with Crippen molar-refractivity contribution in [3.63, 3.8) is 0 Å². The van der Waals surface area contributed by atoms with E-state index in [2.05, 4.69) is 37.8 Å². The molecule has 0 aliphatic carbocycles. The van der Waals surface area contributed by atoms with Crippen LogP contribution in [0.1, 0.15) is 18.3 Å². The number of nitrogens with two attached hydrogens (primary N) is 1. The highest BCUT2D eigenvalue weighted by molar-refractivity contribution is 5.80. The van der Waals surface area contributed by atoms with Gasteiger partial charge in [-0.05, 0) is 17.7 Å². The van der Waals surface area contributed by atoms with Crippen molar-refractivity contribution in [3.8, 4) is 0 Å². The van der Waals surface area contributed by atoms with Crippen LogP contribution in [0.5, 0.6) is 0 Å². The number of morpholine rings is 1. The van der Waals surface area contributed by atoms with Crippen molar-refractivity contribution in [2.45, 2.75) is 13.3 Å². The number of aryl methyl sites for hydroxylation is 1. The SMILES string of the molecule is CCc1nnc(NN=Cc2ccc(N3CCOCC3)cc2)n1N. The smallest absolute Gasteiger partial charge is 0.263 e. The molecule has 23 heavy (non-hydrogen) atoms. The maximum Gasteiger partial charge on any atom is 0.263 e. The molecule has 0 radical (unpaired) electrons. The first kappa shape index (κ1) is 15.3. The van der Waals surface area contributed by atoms with Gasteiger partial charge in [0.05, 0.1) is 19.4 Å². The Kier molecular flexibility index (Phi) is 4.72. The first-order chi connectivity index (χ1) is 11.3. The van der Waals surface area contributed by atoms with Gasteiger partial charge in [-0.2, -0.15) is 5.10 Å². The summed E-state index contributed by atoms with van der Waals surface area (Å²) in [5.41, 5.74) is 5.00. The first-order valence-corrected chi connectivity index (χ1v) is 7.69. The van der Waals surface area contributed by atoms with E-state index in [1.54, 1.807) is 6.21 Å². The molecule has 0 unspecified atom stereocenters. The van der Waals surface area contributed by atoms with Crippen LogP contribution in [0, 0.1) is 0 Å². The third-order valence-corrected chi connectivity index (χ3v) is 3.73. The van der Waals surface area contributed by atoms with Crippen molar-refractivity contribution in [2.24, 2.45) is 5.10 Å². The molecule has 3 N–H and O–H groups in total. The maximum absolute atomic E-state index is 5.84. The summed E-state index contributed by atoms with van der Waals surface area (Å²) in [6.45, 7) is 5.40. The van der Waals surface area contributed by atoms with Crippen LogP contribution >= 0.6 is 0 Å². The number of hydrogen-bond acceptors (Lipinski definition) is 7. The number of benzene rings is 1. The van der Waals surface area contributed by atoms with Gasteiger partial charge in [-0.25, -0.2) is 10.1 Å². The fourth-order valence-corrected chi connectivity index (χ4v) is 2.40. The van der Waals surface area contributed by atoms with Gasteiger partial charge in [0.2, 0.25) is 0 Å². The quantitative estimate of drug-likeness (QED) is 0.482. The van der Waals surface area contributed by atoms with E-state index in [9.17, 15) is 0 Å². The average Bonchev–Trinajstić information content (AvgIpc) is 2.96. The predicted octanol–water partition coefficient (Wildman–Crippen LogP) is 0.837. The van der Waals surface area contributed by atoms with Crippen molar-refractivity contribution in [1.82, 2.24) is 14.9 Å². The molecule has 122 valence electrons. The fourth-order valence-electron chi connectivity index (χ4n) is 2.40. The zero-order chi connectivity index (χ0) is 16.1. The molecule has 1 fully saturated rings. The minimum Gasteiger partial charge on any atom is -0.378 e. The molecule has 8 nitrogen and oxygen atoms in total. The predicted molar refractivity (Wildman–Crippen MR) is 90.2 cm³/mol. The van der Waals surface area contributed by atoms with Crippen LogP contribution in [0.25, 0.3) is 0 Å². The van der Waals surface area contributed by atoms with Crippen molar-refractivity contribution in [3.05, 3.63) is 35.7 Å². The van der Waals surface area contributed by atoms with Crippen LogP contribution in [0.2, 0.25) is 0 Å². The maximum atomic E-state index is 5.84. The van der Waals surface area contributed by atoms with Gasteiger partial charge in [0.1, 0.15) is 0 Å². The Bertz CT molecular complexity index is 659. The van der Waals surface area contributed by atoms with Gasteiger partial charge in [0, 0.05) is 25.2 Å². The van der Waals surface area contributed by atoms with Gasteiger partial charge in [-0.15, -0.1) is 10.2 Å². The summed E-state index contributed by atoms with van der Waals surface area (Å²) < 4.78 is 6.77. The van der Waals surface area contributed by atoms with E-state index in [1.807, 2.05) is 19.1 Å². The Hall–Kier alpha value is -2.61. The highest BCUT2D eigenvalue weighted by atomic mass is 16.5. The number of rotatable bonds is 5. The molecule has 1 aromatic carbocycles. The number of hydrazone groups is 1. The Labute approximate surface area is 134 Å². The molecule has 0 bridgehead atoms. The third-order valence-electron chi connectivity index (χ3n) is 3.73. The number of nitrogens with zero attached hydrogens (tertiary/aromatic N) is 5. The van der Waals surface area contributed by atoms with Gasteiger partial charge < -0.3 is 15.5 Å². The molecule has 1 saturated heterocycles. The number of anilines is 2. The lowest BCUT2D eigenvalue weighted by Gasteiger charge is -2.28. The second-order valence-electron chi connectivity index (χ2n) is 5.22. The van der Waals surface area contributed by atoms with E-state index >= 15 is 0 Å². The normalized spacial score (nSPS) is 15.3. The molecule has 1 aliphatic heterocycles. The molecule has 1 aliphatic rings. The fraction of sp³-hybridized carbons (Fsp3) is 0.400. The van der Waals surface area contributed by atoms with Crippen LogP contribution in [0.3, 0.4) is 0 Å². The summed E-state index contributed by atoms with van der Waals surface area (Å²) in [5.74, 6) is 6.96. The van der Waals surface area contributed by atoms with Crippen LogP contribution in [0.4, 0.5) is 11.6 Å². The molecule has 8 heteroatoms.